The fraction of sp³-hybridized carbons (Fsp3) is 0.500. The smallest absolute Gasteiger partial charge is 0.310 e. The Balaban J connectivity index is 2.59. The molecule has 0 aromatic rings. The Morgan fingerprint density at radius 1 is 1.00 bits per heavy atom. The van der Waals surface area contributed by atoms with Gasteiger partial charge in [-0.05, 0) is 12.8 Å². The van der Waals surface area contributed by atoms with Gasteiger partial charge >= 0.3 is 11.9 Å². The van der Waals surface area contributed by atoms with Crippen LogP contribution in [-0.2, 0) is 9.59 Å². The Morgan fingerprint density at radius 3 is 1.50 bits per heavy atom. The first-order valence-corrected chi connectivity index (χ1v) is 3.75. The Kier molecular flexibility index (Phi) is 2.47. The lowest BCUT2D eigenvalue weighted by atomic mass is 9.89. The van der Waals surface area contributed by atoms with Gasteiger partial charge in [0.1, 0.15) is 0 Å². The molecule has 2 atom stereocenters. The van der Waals surface area contributed by atoms with Crippen molar-refractivity contribution in [3.63, 3.8) is 0 Å². The predicted octanol–water partition coefficient (Wildman–Crippen LogP) is 0.738. The second kappa shape index (κ2) is 3.38. The summed E-state index contributed by atoms with van der Waals surface area (Å²) >= 11 is 0. The van der Waals surface area contributed by atoms with E-state index in [0.29, 0.717) is 12.8 Å². The monoisotopic (exact) mass is 170 g/mol. The molecule has 0 aliphatic heterocycles. The predicted molar refractivity (Wildman–Crippen MR) is 40.6 cm³/mol. The molecule has 4 heteroatoms. The second-order valence-electron chi connectivity index (χ2n) is 2.85. The highest BCUT2D eigenvalue weighted by atomic mass is 16.4. The quantitative estimate of drug-likeness (QED) is 0.599. The molecule has 0 amide bonds. The molecule has 4 nitrogen and oxygen atoms in total. The molecule has 1 aliphatic rings. The molecule has 0 aromatic heterocycles. The SMILES string of the molecule is O=C(O)[C@H]1C=C[C@H](C(=O)O)CC1. The standard InChI is InChI=1S/C8H10O4/c9-7(10)5-1-2-6(4-3-5)8(11)12/h1-2,5-6H,3-4H2,(H,9,10)(H,11,12)/t5-,6-/m0/s1. The van der Waals surface area contributed by atoms with Crippen LogP contribution in [0.1, 0.15) is 12.8 Å². The maximum atomic E-state index is 10.4. The third kappa shape index (κ3) is 1.84. The maximum absolute atomic E-state index is 10.4. The van der Waals surface area contributed by atoms with Gasteiger partial charge in [0.25, 0.3) is 0 Å². The van der Waals surface area contributed by atoms with Gasteiger partial charge in [-0.1, -0.05) is 12.2 Å². The third-order valence-corrected chi connectivity index (χ3v) is 2.00. The summed E-state index contributed by atoms with van der Waals surface area (Å²) in [7, 11) is 0. The molecule has 0 radical (unpaired) electrons. The molecule has 2 N–H and O–H groups in total. The highest BCUT2D eigenvalue weighted by Crippen LogP contribution is 2.22. The zero-order valence-electron chi connectivity index (χ0n) is 6.43. The molecule has 12 heavy (non-hydrogen) atoms. The summed E-state index contributed by atoms with van der Waals surface area (Å²) in [5.74, 6) is -2.76. The van der Waals surface area contributed by atoms with Crippen molar-refractivity contribution in [1.29, 1.82) is 0 Å². The van der Waals surface area contributed by atoms with Crippen LogP contribution in [0.3, 0.4) is 0 Å². The molecular weight excluding hydrogens is 160 g/mol. The number of carboxylic acids is 2. The first kappa shape index (κ1) is 8.77. The summed E-state index contributed by atoms with van der Waals surface area (Å²) in [5.41, 5.74) is 0. The van der Waals surface area contributed by atoms with Crippen molar-refractivity contribution in [2.45, 2.75) is 12.8 Å². The van der Waals surface area contributed by atoms with Crippen molar-refractivity contribution in [2.24, 2.45) is 11.8 Å². The van der Waals surface area contributed by atoms with Crippen LogP contribution in [0.15, 0.2) is 12.2 Å². The van der Waals surface area contributed by atoms with E-state index in [1.54, 1.807) is 0 Å². The lowest BCUT2D eigenvalue weighted by Gasteiger charge is -2.16. The van der Waals surface area contributed by atoms with Crippen molar-refractivity contribution < 1.29 is 19.8 Å². The highest BCUT2D eigenvalue weighted by Gasteiger charge is 2.24. The van der Waals surface area contributed by atoms with Crippen LogP contribution >= 0.6 is 0 Å². The van der Waals surface area contributed by atoms with Crippen molar-refractivity contribution >= 4 is 11.9 Å². The van der Waals surface area contributed by atoms with Gasteiger partial charge in [0, 0.05) is 0 Å². The topological polar surface area (TPSA) is 74.6 Å². The normalized spacial score (nSPS) is 28.3. The summed E-state index contributed by atoms with van der Waals surface area (Å²) < 4.78 is 0. The molecule has 0 spiro atoms. The number of aliphatic carboxylic acids is 2. The van der Waals surface area contributed by atoms with E-state index in [1.165, 1.54) is 12.2 Å². The minimum absolute atomic E-state index is 0.419. The molecule has 0 heterocycles. The maximum Gasteiger partial charge on any atom is 0.310 e. The Labute approximate surface area is 69.5 Å². The molecule has 0 fully saturated rings. The Bertz CT molecular complexity index is 207. The molecule has 66 valence electrons. The van der Waals surface area contributed by atoms with E-state index >= 15 is 0 Å². The van der Waals surface area contributed by atoms with Gasteiger partial charge in [0.2, 0.25) is 0 Å². The van der Waals surface area contributed by atoms with Crippen molar-refractivity contribution in [3.05, 3.63) is 12.2 Å². The highest BCUT2D eigenvalue weighted by molar-refractivity contribution is 5.75. The van der Waals surface area contributed by atoms with Gasteiger partial charge in [-0.2, -0.15) is 0 Å². The van der Waals surface area contributed by atoms with Crippen LogP contribution in [0, 0.1) is 11.8 Å². The number of rotatable bonds is 2. The summed E-state index contributed by atoms with van der Waals surface area (Å²) in [6.07, 6.45) is 3.76. The third-order valence-electron chi connectivity index (χ3n) is 2.00. The van der Waals surface area contributed by atoms with Crippen molar-refractivity contribution in [2.75, 3.05) is 0 Å². The van der Waals surface area contributed by atoms with Crippen LogP contribution in [0.2, 0.25) is 0 Å². The Morgan fingerprint density at radius 2 is 1.33 bits per heavy atom. The first-order valence-electron chi connectivity index (χ1n) is 3.75. The zero-order valence-corrected chi connectivity index (χ0v) is 6.43. The molecule has 0 saturated heterocycles. The molecule has 0 unspecified atom stereocenters. The number of hydrogen-bond donors (Lipinski definition) is 2. The van der Waals surface area contributed by atoms with Crippen molar-refractivity contribution in [1.82, 2.24) is 0 Å². The second-order valence-corrected chi connectivity index (χ2v) is 2.85. The number of carbonyl (C=O) groups is 2. The van der Waals surface area contributed by atoms with Crippen LogP contribution in [-0.4, -0.2) is 22.2 Å². The minimum Gasteiger partial charge on any atom is -0.481 e. The van der Waals surface area contributed by atoms with Gasteiger partial charge in [0.05, 0.1) is 11.8 Å². The Hall–Kier alpha value is -1.32. The van der Waals surface area contributed by atoms with Crippen LogP contribution in [0.5, 0.6) is 0 Å². The van der Waals surface area contributed by atoms with Crippen LogP contribution in [0.4, 0.5) is 0 Å². The van der Waals surface area contributed by atoms with E-state index in [9.17, 15) is 9.59 Å². The molecule has 1 aliphatic carbocycles. The van der Waals surface area contributed by atoms with Crippen molar-refractivity contribution in [3.8, 4) is 0 Å². The average molecular weight is 170 g/mol. The fourth-order valence-corrected chi connectivity index (χ4v) is 1.23. The fourth-order valence-electron chi connectivity index (χ4n) is 1.23. The number of carboxylic acid groups (broad SMARTS) is 2. The largest absolute Gasteiger partial charge is 0.481 e. The molecule has 0 bridgehead atoms. The zero-order chi connectivity index (χ0) is 9.14. The van der Waals surface area contributed by atoms with E-state index < -0.39 is 23.8 Å². The van der Waals surface area contributed by atoms with Crippen LogP contribution in [0.25, 0.3) is 0 Å². The lowest BCUT2D eigenvalue weighted by Crippen LogP contribution is -2.20. The molecule has 0 aromatic carbocycles. The van der Waals surface area contributed by atoms with Gasteiger partial charge in [-0.3, -0.25) is 9.59 Å². The average Bonchev–Trinajstić information content (AvgIpc) is 2.04. The van der Waals surface area contributed by atoms with Gasteiger partial charge in [-0.15, -0.1) is 0 Å². The molecule has 0 saturated carbocycles. The summed E-state index contributed by atoms with van der Waals surface area (Å²) in [5, 5.41) is 17.1. The van der Waals surface area contributed by atoms with E-state index in [4.69, 9.17) is 10.2 Å². The summed E-state index contributed by atoms with van der Waals surface area (Å²) in [6.45, 7) is 0. The van der Waals surface area contributed by atoms with Gasteiger partial charge in [0.15, 0.2) is 0 Å². The summed E-state index contributed by atoms with van der Waals surface area (Å²) in [6, 6.07) is 0. The van der Waals surface area contributed by atoms with E-state index in [2.05, 4.69) is 0 Å². The van der Waals surface area contributed by atoms with Gasteiger partial charge < -0.3 is 10.2 Å². The van der Waals surface area contributed by atoms with E-state index in [-0.39, 0.29) is 0 Å². The molecular formula is C8H10O4. The van der Waals surface area contributed by atoms with Crippen LogP contribution < -0.4 is 0 Å². The lowest BCUT2D eigenvalue weighted by molar-refractivity contribution is -0.143. The minimum atomic E-state index is -0.880. The first-order chi connectivity index (χ1) is 5.61. The van der Waals surface area contributed by atoms with E-state index in [1.807, 2.05) is 0 Å². The van der Waals surface area contributed by atoms with Gasteiger partial charge in [-0.25, -0.2) is 0 Å². The number of hydrogen-bond acceptors (Lipinski definition) is 2. The van der Waals surface area contributed by atoms with E-state index in [0.717, 1.165) is 0 Å². The summed E-state index contributed by atoms with van der Waals surface area (Å²) in [4.78, 5) is 20.9. The molecule has 1 rings (SSSR count).